The summed E-state index contributed by atoms with van der Waals surface area (Å²) in [6.45, 7) is 1.98. The van der Waals surface area contributed by atoms with E-state index in [0.717, 1.165) is 28.4 Å². The molecule has 25 heavy (non-hydrogen) atoms. The number of carbonyl (C=O) groups excluding carboxylic acids is 1. The first-order valence-corrected chi connectivity index (χ1v) is 10.6. The maximum absolute atomic E-state index is 13.0. The Balaban J connectivity index is 1.98. The number of halogens is 2. The molecule has 0 fully saturated rings. The number of anilines is 2. The van der Waals surface area contributed by atoms with E-state index in [1.54, 1.807) is 11.0 Å². The number of carbonyl (C=O) groups is 1. The molecule has 0 bridgehead atoms. The van der Waals surface area contributed by atoms with Crippen molar-refractivity contribution in [3.05, 3.63) is 57.0 Å². The van der Waals surface area contributed by atoms with Crippen LogP contribution in [0.3, 0.4) is 0 Å². The Morgan fingerprint density at radius 2 is 2.00 bits per heavy atom. The van der Waals surface area contributed by atoms with E-state index in [4.69, 9.17) is 11.6 Å². The summed E-state index contributed by atoms with van der Waals surface area (Å²) in [5.41, 5.74) is 2.53. The summed E-state index contributed by atoms with van der Waals surface area (Å²) in [4.78, 5) is 14.8. The summed E-state index contributed by atoms with van der Waals surface area (Å²) in [5, 5.41) is 0.237. The van der Waals surface area contributed by atoms with Crippen LogP contribution >= 0.6 is 27.5 Å². The fourth-order valence-corrected chi connectivity index (χ4v) is 4.18. The van der Waals surface area contributed by atoms with Gasteiger partial charge < -0.3 is 4.90 Å². The van der Waals surface area contributed by atoms with Crippen LogP contribution in [0, 0.1) is 0 Å². The molecular formula is C17H16BrClN2O3S. The van der Waals surface area contributed by atoms with E-state index in [0.29, 0.717) is 5.56 Å². The van der Waals surface area contributed by atoms with Crippen molar-refractivity contribution in [1.29, 1.82) is 0 Å². The largest absolute Gasteiger partial charge is 0.305 e. The van der Waals surface area contributed by atoms with Crippen molar-refractivity contribution in [3.63, 3.8) is 0 Å². The highest BCUT2D eigenvalue weighted by atomic mass is 79.9. The Bertz CT molecular complexity index is 962. The van der Waals surface area contributed by atoms with Crippen LogP contribution in [0.1, 0.15) is 22.8 Å². The smallest absolute Gasteiger partial charge is 0.258 e. The minimum absolute atomic E-state index is 0.0128. The number of nitrogens with zero attached hydrogens (tertiary/aromatic N) is 1. The SMILES string of the molecule is C[C@@H]1Cc2cc(Br)ccc2N1C(=O)c1ccc(Cl)c(NS(C)(=O)=O)c1. The van der Waals surface area contributed by atoms with Crippen LogP contribution in [0.2, 0.25) is 5.02 Å². The van der Waals surface area contributed by atoms with Gasteiger partial charge in [-0.15, -0.1) is 0 Å². The summed E-state index contributed by atoms with van der Waals surface area (Å²) in [6.07, 6.45) is 1.80. The molecule has 8 heteroatoms. The number of fused-ring (bicyclic) bond motifs is 1. The van der Waals surface area contributed by atoms with E-state index in [1.807, 2.05) is 25.1 Å². The standard InChI is InChI=1S/C17H16BrClN2O3S/c1-10-7-12-8-13(18)4-6-16(12)21(10)17(22)11-3-5-14(19)15(9-11)20-25(2,23)24/h3-6,8-10,20H,7H2,1-2H3/t10-/m1/s1. The van der Waals surface area contributed by atoms with Gasteiger partial charge in [0.2, 0.25) is 10.0 Å². The average Bonchev–Trinajstić information content (AvgIpc) is 2.82. The van der Waals surface area contributed by atoms with Crippen LogP contribution in [0.5, 0.6) is 0 Å². The molecule has 1 N–H and O–H groups in total. The van der Waals surface area contributed by atoms with Gasteiger partial charge in [-0.2, -0.15) is 0 Å². The number of sulfonamides is 1. The second-order valence-corrected chi connectivity index (χ2v) is 9.14. The molecule has 5 nitrogen and oxygen atoms in total. The fourth-order valence-electron chi connectivity index (χ4n) is 2.98. The van der Waals surface area contributed by atoms with E-state index in [2.05, 4.69) is 20.7 Å². The second kappa shape index (κ2) is 6.63. The Morgan fingerprint density at radius 3 is 2.68 bits per heavy atom. The van der Waals surface area contributed by atoms with Gasteiger partial charge in [-0.25, -0.2) is 8.42 Å². The third-order valence-electron chi connectivity index (χ3n) is 3.98. The van der Waals surface area contributed by atoms with Crippen molar-refractivity contribution in [1.82, 2.24) is 0 Å². The number of amides is 1. The van der Waals surface area contributed by atoms with E-state index in [-0.39, 0.29) is 22.7 Å². The maximum atomic E-state index is 13.0. The van der Waals surface area contributed by atoms with Gasteiger partial charge in [-0.05, 0) is 55.3 Å². The Morgan fingerprint density at radius 1 is 1.28 bits per heavy atom. The van der Waals surface area contributed by atoms with Gasteiger partial charge in [0.1, 0.15) is 0 Å². The van der Waals surface area contributed by atoms with Crippen molar-refractivity contribution in [3.8, 4) is 0 Å². The highest BCUT2D eigenvalue weighted by Crippen LogP contribution is 2.36. The lowest BCUT2D eigenvalue weighted by atomic mass is 10.1. The molecule has 1 atom stereocenters. The van der Waals surface area contributed by atoms with Crippen LogP contribution in [0.4, 0.5) is 11.4 Å². The zero-order chi connectivity index (χ0) is 18.4. The van der Waals surface area contributed by atoms with Gasteiger partial charge in [0.05, 0.1) is 17.0 Å². The number of hydrogen-bond acceptors (Lipinski definition) is 3. The minimum Gasteiger partial charge on any atom is -0.305 e. The van der Waals surface area contributed by atoms with Crippen molar-refractivity contribution < 1.29 is 13.2 Å². The Kier molecular flexibility index (Phi) is 4.83. The summed E-state index contributed by atoms with van der Waals surface area (Å²) >= 11 is 9.49. The number of nitrogens with one attached hydrogen (secondary N) is 1. The lowest BCUT2D eigenvalue weighted by Crippen LogP contribution is -2.35. The number of rotatable bonds is 3. The zero-order valence-electron chi connectivity index (χ0n) is 13.6. The van der Waals surface area contributed by atoms with Crippen molar-refractivity contribution >= 4 is 54.8 Å². The van der Waals surface area contributed by atoms with Crippen molar-refractivity contribution in [2.75, 3.05) is 15.9 Å². The molecule has 1 amide bonds. The van der Waals surface area contributed by atoms with Crippen LogP contribution in [0.25, 0.3) is 0 Å². The summed E-state index contributed by atoms with van der Waals surface area (Å²) in [5.74, 6) is -0.193. The molecule has 0 aromatic heterocycles. The van der Waals surface area contributed by atoms with E-state index >= 15 is 0 Å². The number of benzene rings is 2. The molecule has 0 radical (unpaired) electrons. The van der Waals surface area contributed by atoms with Gasteiger partial charge in [0, 0.05) is 21.8 Å². The first kappa shape index (κ1) is 18.2. The lowest BCUT2D eigenvalue weighted by Gasteiger charge is -2.23. The van der Waals surface area contributed by atoms with E-state index in [1.165, 1.54) is 12.1 Å². The molecule has 0 unspecified atom stereocenters. The summed E-state index contributed by atoms with van der Waals surface area (Å²) < 4.78 is 26.2. The molecule has 132 valence electrons. The third kappa shape index (κ3) is 3.83. The molecule has 1 heterocycles. The normalized spacial score (nSPS) is 16.6. The first-order valence-electron chi connectivity index (χ1n) is 7.55. The third-order valence-corrected chi connectivity index (χ3v) is 5.40. The van der Waals surface area contributed by atoms with Crippen LogP contribution in [0.15, 0.2) is 40.9 Å². The summed E-state index contributed by atoms with van der Waals surface area (Å²) in [6, 6.07) is 10.4. The maximum Gasteiger partial charge on any atom is 0.258 e. The highest BCUT2D eigenvalue weighted by Gasteiger charge is 2.31. The molecule has 3 rings (SSSR count). The molecular weight excluding hydrogens is 428 g/mol. The molecule has 2 aromatic carbocycles. The van der Waals surface area contributed by atoms with E-state index in [9.17, 15) is 13.2 Å². The monoisotopic (exact) mass is 442 g/mol. The Labute approximate surface area is 160 Å². The van der Waals surface area contributed by atoms with Gasteiger partial charge >= 0.3 is 0 Å². The predicted molar refractivity (Wildman–Crippen MR) is 104 cm³/mol. The van der Waals surface area contributed by atoms with E-state index < -0.39 is 10.0 Å². The molecule has 2 aromatic rings. The van der Waals surface area contributed by atoms with Gasteiger partial charge in [0.25, 0.3) is 5.91 Å². The zero-order valence-corrected chi connectivity index (χ0v) is 16.7. The molecule has 0 saturated heterocycles. The lowest BCUT2D eigenvalue weighted by molar-refractivity contribution is 0.0981. The molecule has 0 spiro atoms. The average molecular weight is 444 g/mol. The topological polar surface area (TPSA) is 66.5 Å². The summed E-state index contributed by atoms with van der Waals surface area (Å²) in [7, 11) is -3.49. The number of hydrogen-bond donors (Lipinski definition) is 1. The van der Waals surface area contributed by atoms with Crippen LogP contribution in [-0.4, -0.2) is 26.6 Å². The predicted octanol–water partition coefficient (Wildman–Crippen LogP) is 4.07. The van der Waals surface area contributed by atoms with Crippen LogP contribution in [-0.2, 0) is 16.4 Å². The highest BCUT2D eigenvalue weighted by molar-refractivity contribution is 9.10. The minimum atomic E-state index is -3.49. The molecule has 1 aliphatic heterocycles. The van der Waals surface area contributed by atoms with Crippen LogP contribution < -0.4 is 9.62 Å². The van der Waals surface area contributed by atoms with Gasteiger partial charge in [0.15, 0.2) is 0 Å². The molecule has 0 aliphatic carbocycles. The van der Waals surface area contributed by atoms with Gasteiger partial charge in [-0.1, -0.05) is 27.5 Å². The van der Waals surface area contributed by atoms with Crippen molar-refractivity contribution in [2.45, 2.75) is 19.4 Å². The molecule has 0 saturated carbocycles. The first-order chi connectivity index (χ1) is 11.7. The Hall–Kier alpha value is -1.57. The van der Waals surface area contributed by atoms with Gasteiger partial charge in [-0.3, -0.25) is 9.52 Å². The second-order valence-electron chi connectivity index (χ2n) is 6.07. The van der Waals surface area contributed by atoms with Crippen molar-refractivity contribution in [2.24, 2.45) is 0 Å². The molecule has 1 aliphatic rings. The fraction of sp³-hybridized carbons (Fsp3) is 0.235. The quantitative estimate of drug-likeness (QED) is 0.778.